The van der Waals surface area contributed by atoms with Crippen LogP contribution in [0.1, 0.15) is 11.3 Å². The van der Waals surface area contributed by atoms with Crippen molar-refractivity contribution in [3.05, 3.63) is 66.4 Å². The number of aromatic nitrogens is 3. The molecule has 9 heteroatoms. The lowest BCUT2D eigenvalue weighted by Crippen LogP contribution is -2.24. The zero-order valence-electron chi connectivity index (χ0n) is 15.7. The van der Waals surface area contributed by atoms with Crippen LogP contribution in [0.2, 0.25) is 0 Å². The number of nitrogens with zero attached hydrogens (tertiary/aromatic N) is 4. The van der Waals surface area contributed by atoms with Crippen LogP contribution in [-0.4, -0.2) is 33.7 Å². The first-order valence-electron chi connectivity index (χ1n) is 8.97. The number of hydrogen-bond donors (Lipinski definition) is 1. The Balaban J connectivity index is 1.41. The summed E-state index contributed by atoms with van der Waals surface area (Å²) in [5, 5.41) is 4.47. The van der Waals surface area contributed by atoms with Gasteiger partial charge in [0.25, 0.3) is 0 Å². The Morgan fingerprint density at radius 3 is 2.86 bits per heavy atom. The molecular weight excluding hydrogens is 406 g/mol. The van der Waals surface area contributed by atoms with Gasteiger partial charge in [-0.1, -0.05) is 53.4 Å². The van der Waals surface area contributed by atoms with E-state index in [4.69, 9.17) is 4.42 Å². The number of furan rings is 1. The van der Waals surface area contributed by atoms with Gasteiger partial charge in [-0.05, 0) is 17.7 Å². The highest BCUT2D eigenvalue weighted by Crippen LogP contribution is 2.33. The number of anilines is 1. The van der Waals surface area contributed by atoms with Crippen LogP contribution in [0.25, 0.3) is 10.3 Å². The molecule has 1 amide bonds. The average Bonchev–Trinajstić information content (AvgIpc) is 3.41. The van der Waals surface area contributed by atoms with Gasteiger partial charge >= 0.3 is 0 Å². The Kier molecular flexibility index (Phi) is 6.06. The molecule has 148 valence electrons. The first kappa shape index (κ1) is 19.4. The molecule has 1 aromatic carbocycles. The van der Waals surface area contributed by atoms with E-state index in [1.54, 1.807) is 12.3 Å². The van der Waals surface area contributed by atoms with Gasteiger partial charge in [0.15, 0.2) is 10.8 Å². The first-order chi connectivity index (χ1) is 14.2. The van der Waals surface area contributed by atoms with Crippen molar-refractivity contribution >= 4 is 44.5 Å². The van der Waals surface area contributed by atoms with E-state index in [1.165, 1.54) is 35.0 Å². The largest absolute Gasteiger partial charge is 0.467 e. The highest BCUT2D eigenvalue weighted by Gasteiger charge is 2.15. The average molecular weight is 426 g/mol. The van der Waals surface area contributed by atoms with E-state index in [2.05, 4.69) is 37.3 Å². The molecule has 0 atom stereocenters. The predicted molar refractivity (Wildman–Crippen MR) is 115 cm³/mol. The summed E-state index contributed by atoms with van der Waals surface area (Å²) >= 11 is 2.92. The van der Waals surface area contributed by atoms with Crippen molar-refractivity contribution in [3.63, 3.8) is 0 Å². The standard InChI is InChI=1S/C20H19N5O2S2/c1-25(11-14-6-3-2-4-7-14)20-24-18-17(29-20)19(23-13-22-18)28-12-16(26)21-10-15-8-5-9-27-15/h2-9,13H,10-12H2,1H3,(H,21,26). The van der Waals surface area contributed by atoms with Crippen molar-refractivity contribution in [1.29, 1.82) is 0 Å². The third kappa shape index (κ3) is 4.93. The van der Waals surface area contributed by atoms with E-state index in [9.17, 15) is 4.79 Å². The third-order valence-corrected chi connectivity index (χ3v) is 6.40. The number of thioether (sulfide) groups is 1. The van der Waals surface area contributed by atoms with Crippen molar-refractivity contribution in [2.45, 2.75) is 18.1 Å². The summed E-state index contributed by atoms with van der Waals surface area (Å²) in [6.45, 7) is 1.13. The van der Waals surface area contributed by atoms with Gasteiger partial charge in [-0.15, -0.1) is 0 Å². The van der Waals surface area contributed by atoms with E-state index in [1.807, 2.05) is 31.3 Å². The third-order valence-electron chi connectivity index (χ3n) is 4.12. The number of fused-ring (bicyclic) bond motifs is 1. The van der Waals surface area contributed by atoms with Crippen LogP contribution < -0.4 is 10.2 Å². The van der Waals surface area contributed by atoms with Crippen molar-refractivity contribution in [3.8, 4) is 0 Å². The Morgan fingerprint density at radius 2 is 2.07 bits per heavy atom. The highest BCUT2D eigenvalue weighted by atomic mass is 32.2. The Hall–Kier alpha value is -2.91. The molecule has 0 aliphatic carbocycles. The van der Waals surface area contributed by atoms with Crippen LogP contribution >= 0.6 is 23.1 Å². The van der Waals surface area contributed by atoms with Gasteiger partial charge in [0.1, 0.15) is 21.8 Å². The lowest BCUT2D eigenvalue weighted by Gasteiger charge is -2.15. The Bertz CT molecular complexity index is 1080. The molecule has 4 rings (SSSR count). The molecule has 0 aliphatic heterocycles. The van der Waals surface area contributed by atoms with Gasteiger partial charge in [0, 0.05) is 13.6 Å². The zero-order chi connectivity index (χ0) is 20.1. The fourth-order valence-electron chi connectivity index (χ4n) is 2.70. The summed E-state index contributed by atoms with van der Waals surface area (Å²) < 4.78 is 6.11. The van der Waals surface area contributed by atoms with Crippen LogP contribution in [-0.2, 0) is 17.9 Å². The van der Waals surface area contributed by atoms with Gasteiger partial charge in [-0.3, -0.25) is 4.79 Å². The Labute approximate surface area is 176 Å². The van der Waals surface area contributed by atoms with Crippen molar-refractivity contribution in [2.75, 3.05) is 17.7 Å². The predicted octanol–water partition coefficient (Wildman–Crippen LogP) is 3.72. The molecule has 4 aromatic rings. The number of benzene rings is 1. The highest BCUT2D eigenvalue weighted by molar-refractivity contribution is 8.00. The molecule has 3 aromatic heterocycles. The number of nitrogens with one attached hydrogen (secondary N) is 1. The minimum Gasteiger partial charge on any atom is -0.467 e. The van der Waals surface area contributed by atoms with E-state index in [-0.39, 0.29) is 11.7 Å². The lowest BCUT2D eigenvalue weighted by molar-refractivity contribution is -0.118. The van der Waals surface area contributed by atoms with Crippen LogP contribution in [0, 0.1) is 0 Å². The van der Waals surface area contributed by atoms with Crippen LogP contribution in [0.3, 0.4) is 0 Å². The molecule has 0 bridgehead atoms. The molecule has 0 saturated heterocycles. The Morgan fingerprint density at radius 1 is 1.21 bits per heavy atom. The van der Waals surface area contributed by atoms with Gasteiger partial charge in [-0.25, -0.2) is 9.97 Å². The lowest BCUT2D eigenvalue weighted by atomic mass is 10.2. The van der Waals surface area contributed by atoms with Gasteiger partial charge in [0.05, 0.1) is 18.6 Å². The van der Waals surface area contributed by atoms with E-state index in [0.717, 1.165) is 27.2 Å². The van der Waals surface area contributed by atoms with E-state index in [0.29, 0.717) is 12.2 Å². The van der Waals surface area contributed by atoms with E-state index >= 15 is 0 Å². The second kappa shape index (κ2) is 9.06. The topological polar surface area (TPSA) is 84.2 Å². The molecule has 0 saturated carbocycles. The molecule has 1 N–H and O–H groups in total. The number of amides is 1. The quantitative estimate of drug-likeness (QED) is 0.340. The summed E-state index contributed by atoms with van der Waals surface area (Å²) in [5.74, 6) is 0.908. The zero-order valence-corrected chi connectivity index (χ0v) is 17.4. The SMILES string of the molecule is CN(Cc1ccccc1)c1nc2ncnc(SCC(=O)NCc3ccco3)c2s1. The molecule has 0 fully saturated rings. The maximum atomic E-state index is 12.1. The number of carbonyl (C=O) groups is 1. The maximum Gasteiger partial charge on any atom is 0.230 e. The summed E-state index contributed by atoms with van der Waals surface area (Å²) in [7, 11) is 2.01. The fraction of sp³-hybridized carbons (Fsp3) is 0.200. The molecular formula is C20H19N5O2S2. The van der Waals surface area contributed by atoms with Crippen molar-refractivity contribution in [1.82, 2.24) is 20.3 Å². The fourth-order valence-corrected chi connectivity index (χ4v) is 4.58. The first-order valence-corrected chi connectivity index (χ1v) is 10.8. The summed E-state index contributed by atoms with van der Waals surface area (Å²) in [5.41, 5.74) is 1.86. The smallest absolute Gasteiger partial charge is 0.230 e. The normalized spacial score (nSPS) is 10.9. The van der Waals surface area contributed by atoms with Crippen LogP contribution in [0.4, 0.5) is 5.13 Å². The number of thiazole rings is 1. The number of rotatable bonds is 8. The monoisotopic (exact) mass is 425 g/mol. The minimum atomic E-state index is -0.0795. The van der Waals surface area contributed by atoms with Crippen molar-refractivity contribution in [2.24, 2.45) is 0 Å². The molecule has 0 radical (unpaired) electrons. The molecule has 0 spiro atoms. The molecule has 29 heavy (non-hydrogen) atoms. The second-order valence-corrected chi connectivity index (χ2v) is 8.26. The molecule has 0 aliphatic rings. The number of carbonyl (C=O) groups excluding carboxylic acids is 1. The minimum absolute atomic E-state index is 0.0795. The van der Waals surface area contributed by atoms with Gasteiger partial charge < -0.3 is 14.6 Å². The number of hydrogen-bond acceptors (Lipinski definition) is 8. The maximum absolute atomic E-state index is 12.1. The summed E-state index contributed by atoms with van der Waals surface area (Å²) in [6.07, 6.45) is 3.08. The van der Waals surface area contributed by atoms with Crippen LogP contribution in [0.5, 0.6) is 0 Å². The van der Waals surface area contributed by atoms with Gasteiger partial charge in [0.2, 0.25) is 5.91 Å². The summed E-state index contributed by atoms with van der Waals surface area (Å²) in [6, 6.07) is 13.9. The molecule has 3 heterocycles. The van der Waals surface area contributed by atoms with Crippen LogP contribution in [0.15, 0.2) is 64.5 Å². The van der Waals surface area contributed by atoms with Gasteiger partial charge in [-0.2, -0.15) is 4.98 Å². The second-order valence-electron chi connectivity index (χ2n) is 6.31. The van der Waals surface area contributed by atoms with E-state index < -0.39 is 0 Å². The molecule has 7 nitrogen and oxygen atoms in total. The molecule has 0 unspecified atom stereocenters. The summed E-state index contributed by atoms with van der Waals surface area (Å²) in [4.78, 5) is 27.5. The van der Waals surface area contributed by atoms with Crippen molar-refractivity contribution < 1.29 is 9.21 Å².